The van der Waals surface area contributed by atoms with E-state index in [0.29, 0.717) is 25.9 Å². The second-order valence-corrected chi connectivity index (χ2v) is 28.5. The first-order valence-electron chi connectivity index (χ1n) is 41.1. The maximum atomic E-state index is 12.6. The Morgan fingerprint density at radius 2 is 0.562 bits per heavy atom. The first-order chi connectivity index (χ1) is 44.0. The summed E-state index contributed by atoms with van der Waals surface area (Å²) in [5.74, 6) is -0.0155. The Bertz CT molecular complexity index is 1400. The Kier molecular flexibility index (Phi) is 77.3. The van der Waals surface area contributed by atoms with Crippen LogP contribution in [0.1, 0.15) is 470 Å². The molecule has 0 aliphatic heterocycles. The summed E-state index contributed by atoms with van der Waals surface area (Å²) in [6, 6.07) is -0.539. The lowest BCUT2D eigenvalue weighted by Gasteiger charge is -2.22. The van der Waals surface area contributed by atoms with Gasteiger partial charge in [-0.15, -0.1) is 0 Å². The molecule has 6 heteroatoms. The van der Waals surface area contributed by atoms with Crippen molar-refractivity contribution in [3.8, 4) is 0 Å². The summed E-state index contributed by atoms with van der Waals surface area (Å²) in [7, 11) is 0. The summed E-state index contributed by atoms with van der Waals surface area (Å²) in [5, 5.41) is 23.5. The highest BCUT2D eigenvalue weighted by Crippen LogP contribution is 2.21. The summed E-state index contributed by atoms with van der Waals surface area (Å²) in [6.07, 6.45) is 101. The van der Waals surface area contributed by atoms with Crippen molar-refractivity contribution in [1.29, 1.82) is 0 Å². The highest BCUT2D eigenvalue weighted by atomic mass is 16.5. The maximum absolute atomic E-state index is 12.6. The van der Waals surface area contributed by atoms with Crippen LogP contribution in [0.25, 0.3) is 0 Å². The highest BCUT2D eigenvalue weighted by molar-refractivity contribution is 5.76. The van der Waals surface area contributed by atoms with Gasteiger partial charge in [0.2, 0.25) is 5.91 Å². The highest BCUT2D eigenvalue weighted by Gasteiger charge is 2.20. The molecule has 0 heterocycles. The number of allylic oxidation sites excluding steroid dienone is 4. The number of nitrogens with one attached hydrogen (secondary N) is 1. The van der Waals surface area contributed by atoms with Gasteiger partial charge in [-0.2, -0.15) is 0 Å². The second kappa shape index (κ2) is 78.8. The zero-order valence-corrected chi connectivity index (χ0v) is 60.7. The van der Waals surface area contributed by atoms with Crippen LogP contribution in [0, 0.1) is 0 Å². The summed E-state index contributed by atoms with van der Waals surface area (Å²) in [5.41, 5.74) is 0. The van der Waals surface area contributed by atoms with Gasteiger partial charge >= 0.3 is 5.97 Å². The van der Waals surface area contributed by atoms with Gasteiger partial charge in [-0.05, 0) is 57.8 Å². The van der Waals surface area contributed by atoms with Crippen LogP contribution in [-0.4, -0.2) is 47.4 Å². The van der Waals surface area contributed by atoms with E-state index >= 15 is 0 Å². The number of aliphatic hydroxyl groups is 2. The first-order valence-corrected chi connectivity index (χ1v) is 41.1. The van der Waals surface area contributed by atoms with Gasteiger partial charge in [0.25, 0.3) is 0 Å². The summed E-state index contributed by atoms with van der Waals surface area (Å²) in [4.78, 5) is 24.7. The number of ether oxygens (including phenoxy) is 1. The number of hydrogen-bond acceptors (Lipinski definition) is 5. The van der Waals surface area contributed by atoms with Crippen molar-refractivity contribution in [2.75, 3.05) is 13.2 Å². The molecule has 0 radical (unpaired) electrons. The lowest BCUT2D eigenvalue weighted by Crippen LogP contribution is -2.45. The molecule has 6 nitrogen and oxygen atoms in total. The molecule has 0 aliphatic carbocycles. The monoisotopic (exact) mass is 1250 g/mol. The zero-order chi connectivity index (χ0) is 64.2. The normalized spacial score (nSPS) is 12.5. The minimum absolute atomic E-state index is 0.00869. The van der Waals surface area contributed by atoms with E-state index in [1.54, 1.807) is 0 Å². The lowest BCUT2D eigenvalue weighted by molar-refractivity contribution is -0.143. The van der Waals surface area contributed by atoms with Gasteiger partial charge < -0.3 is 20.3 Å². The molecule has 2 unspecified atom stereocenters. The molecule has 89 heavy (non-hydrogen) atoms. The number of esters is 1. The molecule has 528 valence electrons. The number of unbranched alkanes of at least 4 members (excludes halogenated alkanes) is 63. The largest absolute Gasteiger partial charge is 0.466 e. The third-order valence-corrected chi connectivity index (χ3v) is 19.5. The van der Waals surface area contributed by atoms with Gasteiger partial charge in [-0.1, -0.05) is 423 Å². The van der Waals surface area contributed by atoms with E-state index in [1.807, 2.05) is 0 Å². The fraction of sp³-hybridized carbons (Fsp3) is 0.928. The van der Waals surface area contributed by atoms with E-state index in [9.17, 15) is 19.8 Å². The number of hydrogen-bond donors (Lipinski definition) is 3. The standard InChI is InChI=1S/C83H161NO5/c1-3-5-7-9-11-13-15-17-19-20-21-22-23-35-38-41-44-48-51-55-59-63-67-71-75-81(86)80(79-85)84-82(87)76-72-68-64-60-56-52-49-45-42-39-36-33-31-29-27-25-24-26-28-30-32-34-37-40-43-46-50-54-58-62-66-70-74-78-89-83(88)77-73-69-65-61-57-53-47-18-16-14-12-10-8-6-4-2/h12,14,18,47,80-81,85-86H,3-11,13,15-17,19-46,48-79H2,1-2H3,(H,84,87)/b14-12-,47-18-. The molecule has 0 spiro atoms. The molecule has 0 aliphatic rings. The molecule has 0 aromatic heterocycles. The number of aliphatic hydroxyl groups excluding tert-OH is 2. The van der Waals surface area contributed by atoms with Gasteiger partial charge in [0.05, 0.1) is 25.4 Å². The van der Waals surface area contributed by atoms with Crippen molar-refractivity contribution in [2.24, 2.45) is 0 Å². The predicted molar refractivity (Wildman–Crippen MR) is 393 cm³/mol. The fourth-order valence-electron chi connectivity index (χ4n) is 13.3. The Morgan fingerprint density at radius 3 is 0.876 bits per heavy atom. The molecule has 0 fully saturated rings. The fourth-order valence-corrected chi connectivity index (χ4v) is 13.3. The van der Waals surface area contributed by atoms with Gasteiger partial charge in [-0.3, -0.25) is 9.59 Å². The first kappa shape index (κ1) is 87.3. The van der Waals surface area contributed by atoms with E-state index in [0.717, 1.165) is 51.4 Å². The molecule has 0 rings (SSSR count). The second-order valence-electron chi connectivity index (χ2n) is 28.5. The Balaban J connectivity index is 3.33. The minimum Gasteiger partial charge on any atom is -0.466 e. The van der Waals surface area contributed by atoms with Crippen LogP contribution >= 0.6 is 0 Å². The molecule has 0 aromatic carbocycles. The third-order valence-electron chi connectivity index (χ3n) is 19.5. The molecule has 0 saturated carbocycles. The molecule has 0 bridgehead atoms. The molecule has 2 atom stereocenters. The maximum Gasteiger partial charge on any atom is 0.305 e. The summed E-state index contributed by atoms with van der Waals surface area (Å²) >= 11 is 0. The molecule has 0 aromatic rings. The SMILES string of the molecule is CCCCC/C=C\C/C=C\CCCCCCCC(=O)OCCCCCCCCCCCCCCCCCCCCCCCCCCCCCCCCCCCC(=O)NC(CO)C(O)CCCCCCCCCCCCCCCCCCCCCCCCCC. The van der Waals surface area contributed by atoms with E-state index in [-0.39, 0.29) is 18.5 Å². The van der Waals surface area contributed by atoms with Crippen LogP contribution in [-0.2, 0) is 14.3 Å². The predicted octanol–water partition coefficient (Wildman–Crippen LogP) is 27.2. The Morgan fingerprint density at radius 1 is 0.315 bits per heavy atom. The average Bonchev–Trinajstić information content (AvgIpc) is 3.63. The van der Waals surface area contributed by atoms with E-state index in [2.05, 4.69) is 43.5 Å². The van der Waals surface area contributed by atoms with Crippen LogP contribution in [0.15, 0.2) is 24.3 Å². The smallest absolute Gasteiger partial charge is 0.305 e. The zero-order valence-electron chi connectivity index (χ0n) is 60.7. The lowest BCUT2D eigenvalue weighted by atomic mass is 10.0. The summed E-state index contributed by atoms with van der Waals surface area (Å²) in [6.45, 7) is 4.98. The number of rotatable bonds is 78. The van der Waals surface area contributed by atoms with Crippen molar-refractivity contribution in [3.63, 3.8) is 0 Å². The van der Waals surface area contributed by atoms with Gasteiger partial charge in [0.1, 0.15) is 0 Å². The van der Waals surface area contributed by atoms with Crippen LogP contribution in [0.4, 0.5) is 0 Å². The molecular formula is C83H161NO5. The molecule has 0 saturated heterocycles. The van der Waals surface area contributed by atoms with Gasteiger partial charge in [-0.25, -0.2) is 0 Å². The molecular weight excluding hydrogens is 1090 g/mol. The summed E-state index contributed by atoms with van der Waals surface area (Å²) < 4.78 is 5.50. The Labute approximate surface area is 558 Å². The van der Waals surface area contributed by atoms with Crippen LogP contribution < -0.4 is 5.32 Å². The van der Waals surface area contributed by atoms with E-state index in [4.69, 9.17) is 4.74 Å². The van der Waals surface area contributed by atoms with Crippen molar-refractivity contribution in [2.45, 2.75) is 482 Å². The van der Waals surface area contributed by atoms with Crippen molar-refractivity contribution in [1.82, 2.24) is 5.32 Å². The topological polar surface area (TPSA) is 95.9 Å². The van der Waals surface area contributed by atoms with Gasteiger partial charge in [0, 0.05) is 12.8 Å². The van der Waals surface area contributed by atoms with Crippen LogP contribution in [0.3, 0.4) is 0 Å². The number of carbonyl (C=O) groups is 2. The van der Waals surface area contributed by atoms with Crippen LogP contribution in [0.2, 0.25) is 0 Å². The Hall–Kier alpha value is -1.66. The average molecular weight is 1250 g/mol. The quantitative estimate of drug-likeness (QED) is 0.0320. The third kappa shape index (κ3) is 75.3. The number of amides is 1. The van der Waals surface area contributed by atoms with Gasteiger partial charge in [0.15, 0.2) is 0 Å². The molecule has 1 amide bonds. The van der Waals surface area contributed by atoms with Crippen LogP contribution in [0.5, 0.6) is 0 Å². The molecule has 3 N–H and O–H groups in total. The number of carbonyl (C=O) groups excluding carboxylic acids is 2. The van der Waals surface area contributed by atoms with Crippen molar-refractivity contribution in [3.05, 3.63) is 24.3 Å². The van der Waals surface area contributed by atoms with Crippen molar-refractivity contribution >= 4 is 11.9 Å². The van der Waals surface area contributed by atoms with E-state index < -0.39 is 12.1 Å². The minimum atomic E-state index is -0.662. The van der Waals surface area contributed by atoms with Crippen molar-refractivity contribution < 1.29 is 24.5 Å². The van der Waals surface area contributed by atoms with E-state index in [1.165, 1.54) is 385 Å².